The lowest BCUT2D eigenvalue weighted by atomic mass is 9.70. The van der Waals surface area contributed by atoms with E-state index in [2.05, 4.69) is 58.8 Å². The van der Waals surface area contributed by atoms with Crippen LogP contribution in [0.4, 0.5) is 0 Å². The Labute approximate surface area is 126 Å². The Balaban J connectivity index is 2.80. The molecule has 0 radical (unpaired) electrons. The van der Waals surface area contributed by atoms with Crippen LogP contribution in [0.15, 0.2) is 0 Å². The Morgan fingerprint density at radius 2 is 1.85 bits per heavy atom. The summed E-state index contributed by atoms with van der Waals surface area (Å²) in [5.41, 5.74) is 0.0345. The highest BCUT2D eigenvalue weighted by molar-refractivity contribution is 6.69. The first kappa shape index (κ1) is 17.9. The van der Waals surface area contributed by atoms with E-state index in [4.69, 9.17) is 8.85 Å². The van der Waals surface area contributed by atoms with E-state index in [0.29, 0.717) is 6.61 Å². The lowest BCUT2D eigenvalue weighted by Crippen LogP contribution is -2.66. The lowest BCUT2D eigenvalue weighted by Gasteiger charge is -2.47. The van der Waals surface area contributed by atoms with Crippen molar-refractivity contribution < 1.29 is 13.6 Å². The van der Waals surface area contributed by atoms with Gasteiger partial charge in [0.15, 0.2) is 17.4 Å². The quantitative estimate of drug-likeness (QED) is 0.605. The molecule has 0 aromatic rings. The third-order valence-electron chi connectivity index (χ3n) is 3.55. The fourth-order valence-electron chi connectivity index (χ4n) is 2.43. The molecule has 0 aromatic heterocycles. The van der Waals surface area contributed by atoms with Crippen LogP contribution in [-0.4, -0.2) is 36.1 Å². The van der Waals surface area contributed by atoms with Crippen LogP contribution >= 0.6 is 0 Å². The van der Waals surface area contributed by atoms with Crippen molar-refractivity contribution in [3.63, 3.8) is 0 Å². The molecule has 0 aliphatic carbocycles. The Bertz CT molecular complexity index is 347. The van der Waals surface area contributed by atoms with E-state index in [1.54, 1.807) is 0 Å². The van der Waals surface area contributed by atoms with E-state index in [1.165, 1.54) is 0 Å². The highest BCUT2D eigenvalue weighted by Gasteiger charge is 2.50. The fraction of sp³-hybridized carbons (Fsp3) is 0.929. The van der Waals surface area contributed by atoms with Gasteiger partial charge in [-0.15, -0.1) is 0 Å². The summed E-state index contributed by atoms with van der Waals surface area (Å²) in [4.78, 5) is 12.0. The summed E-state index contributed by atoms with van der Waals surface area (Å²) in [5, 5.41) is 2.92. The Hall–Kier alpha value is -0.176. The van der Waals surface area contributed by atoms with Gasteiger partial charge in [0.25, 0.3) is 0 Å². The molecule has 1 unspecified atom stereocenters. The van der Waals surface area contributed by atoms with E-state index in [9.17, 15) is 4.79 Å². The third kappa shape index (κ3) is 4.98. The van der Waals surface area contributed by atoms with Crippen LogP contribution in [0.25, 0.3) is 0 Å². The first-order valence-corrected chi connectivity index (χ1v) is 13.7. The first-order chi connectivity index (χ1) is 8.92. The minimum atomic E-state index is -1.66. The van der Waals surface area contributed by atoms with Gasteiger partial charge in [-0.05, 0) is 38.2 Å². The topological polar surface area (TPSA) is 47.6 Å². The van der Waals surface area contributed by atoms with Gasteiger partial charge in [0.1, 0.15) is 6.23 Å². The normalized spacial score (nSPS) is 25.4. The number of nitrogens with one attached hydrogen (secondary N) is 1. The predicted molar refractivity (Wildman–Crippen MR) is 87.6 cm³/mol. The van der Waals surface area contributed by atoms with Crippen molar-refractivity contribution in [2.45, 2.75) is 59.7 Å². The van der Waals surface area contributed by atoms with Gasteiger partial charge in [0.05, 0.1) is 5.92 Å². The molecule has 1 saturated heterocycles. The predicted octanol–water partition coefficient (Wildman–Crippen LogP) is 2.57. The maximum absolute atomic E-state index is 12.0. The van der Waals surface area contributed by atoms with Crippen LogP contribution in [0, 0.1) is 17.3 Å². The number of carbonyl (C=O) groups is 1. The van der Waals surface area contributed by atoms with Crippen molar-refractivity contribution in [2.75, 3.05) is 6.61 Å². The molecule has 1 rings (SSSR count). The summed E-state index contributed by atoms with van der Waals surface area (Å²) >= 11 is 0. The van der Waals surface area contributed by atoms with E-state index in [1.807, 2.05) is 0 Å². The molecule has 0 aromatic carbocycles. The summed E-state index contributed by atoms with van der Waals surface area (Å²) in [6.45, 7) is 18.0. The number of β-lactam (4-membered cyclic amide) rings is 1. The summed E-state index contributed by atoms with van der Waals surface area (Å²) < 4.78 is 12.0. The van der Waals surface area contributed by atoms with E-state index < -0.39 is 17.4 Å². The highest BCUT2D eigenvalue weighted by atomic mass is 28.4. The maximum Gasteiger partial charge on any atom is 0.229 e. The molecule has 0 bridgehead atoms. The van der Waals surface area contributed by atoms with Crippen LogP contribution < -0.4 is 5.32 Å². The average Bonchev–Trinajstić information content (AvgIpc) is 2.19. The van der Waals surface area contributed by atoms with Crippen molar-refractivity contribution in [1.82, 2.24) is 5.32 Å². The first-order valence-electron chi connectivity index (χ1n) is 7.51. The molecular weight excluding hydrogens is 286 g/mol. The zero-order chi connectivity index (χ0) is 15.7. The Morgan fingerprint density at radius 1 is 1.30 bits per heavy atom. The largest absolute Gasteiger partial charge is 0.420 e. The standard InChI is InChI=1S/C14H31NO3Si2/c1-14(2,3)10(9-17-19(4)5)11-12(16)15-13(11)18-20(6,7)8/h10-11,13,19H,9H2,1-8H3,(H,15,16)/t10-,11+,13?/m1/s1. The number of hydrogen-bond acceptors (Lipinski definition) is 3. The van der Waals surface area contributed by atoms with Gasteiger partial charge in [-0.3, -0.25) is 4.79 Å². The maximum atomic E-state index is 12.0. The number of amides is 1. The monoisotopic (exact) mass is 317 g/mol. The van der Waals surface area contributed by atoms with Gasteiger partial charge in [-0.1, -0.05) is 20.8 Å². The number of rotatable bonds is 6. The molecule has 0 spiro atoms. The minimum absolute atomic E-state index is 0.0345. The van der Waals surface area contributed by atoms with Gasteiger partial charge in [0, 0.05) is 12.5 Å². The van der Waals surface area contributed by atoms with E-state index in [0.717, 1.165) is 0 Å². The number of carbonyl (C=O) groups excluding carboxylic acids is 1. The molecule has 1 heterocycles. The van der Waals surface area contributed by atoms with Crippen molar-refractivity contribution in [3.05, 3.63) is 0 Å². The smallest absolute Gasteiger partial charge is 0.229 e. The Morgan fingerprint density at radius 3 is 2.20 bits per heavy atom. The van der Waals surface area contributed by atoms with Crippen LogP contribution in [0.1, 0.15) is 20.8 Å². The fourth-order valence-corrected chi connectivity index (χ4v) is 3.99. The van der Waals surface area contributed by atoms with E-state index >= 15 is 0 Å². The van der Waals surface area contributed by atoms with Gasteiger partial charge < -0.3 is 14.2 Å². The van der Waals surface area contributed by atoms with Crippen molar-refractivity contribution in [2.24, 2.45) is 17.3 Å². The molecule has 1 aliphatic rings. The summed E-state index contributed by atoms with van der Waals surface area (Å²) in [6.07, 6.45) is -0.129. The SMILES string of the molecule is C[SiH](C)OC[C@H]([C@H]1C(=O)NC1O[Si](C)(C)C)C(C)(C)C. The van der Waals surface area contributed by atoms with Crippen LogP contribution in [0.2, 0.25) is 32.7 Å². The minimum Gasteiger partial charge on any atom is -0.420 e. The summed E-state index contributed by atoms with van der Waals surface area (Å²) in [6, 6.07) is 0. The zero-order valence-electron chi connectivity index (χ0n) is 14.2. The second-order valence-corrected chi connectivity index (χ2v) is 14.9. The van der Waals surface area contributed by atoms with Crippen LogP contribution in [-0.2, 0) is 13.6 Å². The molecular formula is C14H31NO3Si2. The zero-order valence-corrected chi connectivity index (χ0v) is 16.4. The molecule has 4 nitrogen and oxygen atoms in total. The molecule has 3 atom stereocenters. The third-order valence-corrected chi connectivity index (χ3v) is 5.37. The summed E-state index contributed by atoms with van der Waals surface area (Å²) in [5.74, 6) is 0.240. The van der Waals surface area contributed by atoms with Crippen molar-refractivity contribution >= 4 is 23.3 Å². The molecule has 1 amide bonds. The molecule has 0 saturated carbocycles. The second-order valence-electron chi connectivity index (χ2n) is 8.04. The van der Waals surface area contributed by atoms with Crippen molar-refractivity contribution in [3.8, 4) is 0 Å². The molecule has 1 fully saturated rings. The second kappa shape index (κ2) is 6.29. The van der Waals surface area contributed by atoms with Crippen LogP contribution in [0.5, 0.6) is 0 Å². The Kier molecular flexibility index (Phi) is 5.63. The summed E-state index contributed by atoms with van der Waals surface area (Å²) in [7, 11) is -2.73. The number of hydrogen-bond donors (Lipinski definition) is 1. The molecule has 20 heavy (non-hydrogen) atoms. The lowest BCUT2D eigenvalue weighted by molar-refractivity contribution is -0.154. The highest BCUT2D eigenvalue weighted by Crippen LogP contribution is 2.39. The van der Waals surface area contributed by atoms with Crippen molar-refractivity contribution in [1.29, 1.82) is 0 Å². The molecule has 6 heteroatoms. The molecule has 1 aliphatic heterocycles. The molecule has 118 valence electrons. The van der Waals surface area contributed by atoms with Gasteiger partial charge >= 0.3 is 0 Å². The van der Waals surface area contributed by atoms with Crippen LogP contribution in [0.3, 0.4) is 0 Å². The van der Waals surface area contributed by atoms with Gasteiger partial charge in [0.2, 0.25) is 5.91 Å². The van der Waals surface area contributed by atoms with Gasteiger partial charge in [-0.2, -0.15) is 0 Å². The molecule has 1 N–H and O–H groups in total. The van der Waals surface area contributed by atoms with E-state index in [-0.39, 0.29) is 29.4 Å². The van der Waals surface area contributed by atoms with Gasteiger partial charge in [-0.25, -0.2) is 0 Å². The average molecular weight is 318 g/mol.